The fourth-order valence-corrected chi connectivity index (χ4v) is 4.17. The van der Waals surface area contributed by atoms with Crippen molar-refractivity contribution >= 4 is 11.3 Å². The highest BCUT2D eigenvalue weighted by molar-refractivity contribution is 7.07. The van der Waals surface area contributed by atoms with Crippen LogP contribution in [0, 0.1) is 5.41 Å². The topological polar surface area (TPSA) is 12.0 Å². The summed E-state index contributed by atoms with van der Waals surface area (Å²) in [4.78, 5) is 0. The van der Waals surface area contributed by atoms with Crippen LogP contribution in [0.4, 0.5) is 0 Å². The monoisotopic (exact) mass is 235 g/mol. The van der Waals surface area contributed by atoms with Gasteiger partial charge in [-0.3, -0.25) is 0 Å². The van der Waals surface area contributed by atoms with E-state index in [1.54, 1.807) is 11.3 Å². The molecule has 2 fully saturated rings. The molecular formula is C14H21NS. The van der Waals surface area contributed by atoms with E-state index < -0.39 is 0 Å². The Labute approximate surface area is 102 Å². The van der Waals surface area contributed by atoms with E-state index >= 15 is 0 Å². The molecule has 2 aliphatic rings. The molecule has 1 nitrogen and oxygen atoms in total. The summed E-state index contributed by atoms with van der Waals surface area (Å²) in [5.74, 6) is 0. The molecular weight excluding hydrogens is 214 g/mol. The van der Waals surface area contributed by atoms with Crippen molar-refractivity contribution in [1.29, 1.82) is 0 Å². The van der Waals surface area contributed by atoms with Gasteiger partial charge < -0.3 is 5.32 Å². The zero-order valence-electron chi connectivity index (χ0n) is 9.87. The molecule has 1 spiro atoms. The summed E-state index contributed by atoms with van der Waals surface area (Å²) >= 11 is 1.80. The van der Waals surface area contributed by atoms with Crippen LogP contribution < -0.4 is 5.32 Å². The van der Waals surface area contributed by atoms with Gasteiger partial charge in [0.15, 0.2) is 0 Å². The van der Waals surface area contributed by atoms with Gasteiger partial charge in [-0.05, 0) is 53.5 Å². The summed E-state index contributed by atoms with van der Waals surface area (Å²) in [6, 6.07) is 3.05. The lowest BCUT2D eigenvalue weighted by atomic mass is 9.57. The molecule has 1 heterocycles. The summed E-state index contributed by atoms with van der Waals surface area (Å²) < 4.78 is 0. The average Bonchev–Trinajstić information content (AvgIpc) is 2.82. The Balaban J connectivity index is 1.55. The number of hydrogen-bond donors (Lipinski definition) is 1. The van der Waals surface area contributed by atoms with Gasteiger partial charge in [0.05, 0.1) is 0 Å². The largest absolute Gasteiger partial charge is 0.309 e. The smallest absolute Gasteiger partial charge is 0.0216 e. The second-order valence-electron chi connectivity index (χ2n) is 5.53. The van der Waals surface area contributed by atoms with Gasteiger partial charge in [-0.25, -0.2) is 0 Å². The molecule has 0 radical (unpaired) electrons. The van der Waals surface area contributed by atoms with E-state index in [2.05, 4.69) is 22.1 Å². The molecule has 88 valence electrons. The standard InChI is InChI=1S/C14H21NS/c1-2-6-14(7-3-1)8-4-13(14)15-10-12-5-9-16-11-12/h5,9,11,13,15H,1-4,6-8,10H2. The highest BCUT2D eigenvalue weighted by atomic mass is 32.1. The Hall–Kier alpha value is -0.340. The van der Waals surface area contributed by atoms with Crippen LogP contribution >= 0.6 is 11.3 Å². The molecule has 2 heteroatoms. The zero-order valence-corrected chi connectivity index (χ0v) is 10.7. The van der Waals surface area contributed by atoms with E-state index in [1.165, 1.54) is 50.5 Å². The molecule has 1 aromatic rings. The minimum Gasteiger partial charge on any atom is -0.309 e. The molecule has 2 aliphatic carbocycles. The van der Waals surface area contributed by atoms with Crippen molar-refractivity contribution in [2.24, 2.45) is 5.41 Å². The normalized spacial score (nSPS) is 27.9. The summed E-state index contributed by atoms with van der Waals surface area (Å²) in [7, 11) is 0. The van der Waals surface area contributed by atoms with E-state index in [4.69, 9.17) is 0 Å². The van der Waals surface area contributed by atoms with E-state index in [0.717, 1.165) is 12.6 Å². The molecule has 0 amide bonds. The molecule has 1 unspecified atom stereocenters. The van der Waals surface area contributed by atoms with E-state index in [1.807, 2.05) is 0 Å². The van der Waals surface area contributed by atoms with Crippen molar-refractivity contribution in [2.75, 3.05) is 0 Å². The quantitative estimate of drug-likeness (QED) is 0.836. The van der Waals surface area contributed by atoms with Gasteiger partial charge in [-0.15, -0.1) is 0 Å². The minimum absolute atomic E-state index is 0.703. The SMILES string of the molecule is c1cc(CNC2CCC23CCCCC3)cs1. The molecule has 16 heavy (non-hydrogen) atoms. The van der Waals surface area contributed by atoms with Crippen molar-refractivity contribution in [3.8, 4) is 0 Å². The maximum Gasteiger partial charge on any atom is 0.0216 e. The van der Waals surface area contributed by atoms with Gasteiger partial charge in [0, 0.05) is 12.6 Å². The molecule has 1 atom stereocenters. The van der Waals surface area contributed by atoms with E-state index in [9.17, 15) is 0 Å². The molecule has 0 saturated heterocycles. The maximum atomic E-state index is 3.79. The summed E-state index contributed by atoms with van der Waals surface area (Å²) in [5.41, 5.74) is 2.16. The Morgan fingerprint density at radius 1 is 1.25 bits per heavy atom. The van der Waals surface area contributed by atoms with Crippen molar-refractivity contribution in [2.45, 2.75) is 57.5 Å². The van der Waals surface area contributed by atoms with Crippen LogP contribution in [0.25, 0.3) is 0 Å². The molecule has 2 saturated carbocycles. The molecule has 0 bridgehead atoms. The molecule has 1 N–H and O–H groups in total. The second kappa shape index (κ2) is 4.50. The highest BCUT2D eigenvalue weighted by Crippen LogP contribution is 2.51. The van der Waals surface area contributed by atoms with Crippen LogP contribution in [-0.4, -0.2) is 6.04 Å². The minimum atomic E-state index is 0.703. The lowest BCUT2D eigenvalue weighted by Gasteiger charge is -2.52. The molecule has 0 aliphatic heterocycles. The van der Waals surface area contributed by atoms with Crippen LogP contribution in [0.2, 0.25) is 0 Å². The van der Waals surface area contributed by atoms with Gasteiger partial charge in [0.2, 0.25) is 0 Å². The fraction of sp³-hybridized carbons (Fsp3) is 0.714. The Bertz CT molecular complexity index is 325. The van der Waals surface area contributed by atoms with Gasteiger partial charge in [0.25, 0.3) is 0 Å². The molecule has 1 aromatic heterocycles. The Kier molecular flexibility index (Phi) is 3.03. The van der Waals surface area contributed by atoms with Gasteiger partial charge in [-0.1, -0.05) is 19.3 Å². The average molecular weight is 235 g/mol. The van der Waals surface area contributed by atoms with Crippen LogP contribution in [0.15, 0.2) is 16.8 Å². The number of rotatable bonds is 3. The first-order valence-corrected chi connectivity index (χ1v) is 7.58. The zero-order chi connectivity index (χ0) is 10.8. The first kappa shape index (κ1) is 10.8. The summed E-state index contributed by atoms with van der Waals surface area (Å²) in [6.07, 6.45) is 10.3. The van der Waals surface area contributed by atoms with Gasteiger partial charge in [-0.2, -0.15) is 11.3 Å². The first-order valence-electron chi connectivity index (χ1n) is 6.64. The van der Waals surface area contributed by atoms with Crippen LogP contribution in [0.1, 0.15) is 50.5 Å². The molecule has 3 rings (SSSR count). The number of hydrogen-bond acceptors (Lipinski definition) is 2. The van der Waals surface area contributed by atoms with Crippen LogP contribution in [-0.2, 0) is 6.54 Å². The lowest BCUT2D eigenvalue weighted by molar-refractivity contribution is 0.0222. The Morgan fingerprint density at radius 2 is 2.12 bits per heavy atom. The molecule has 0 aromatic carbocycles. The number of thiophene rings is 1. The van der Waals surface area contributed by atoms with Crippen LogP contribution in [0.5, 0.6) is 0 Å². The third-order valence-electron chi connectivity index (χ3n) is 4.65. The van der Waals surface area contributed by atoms with Crippen molar-refractivity contribution < 1.29 is 0 Å². The third-order valence-corrected chi connectivity index (χ3v) is 5.38. The van der Waals surface area contributed by atoms with Gasteiger partial charge >= 0.3 is 0 Å². The van der Waals surface area contributed by atoms with Crippen molar-refractivity contribution in [1.82, 2.24) is 5.32 Å². The van der Waals surface area contributed by atoms with E-state index in [-0.39, 0.29) is 0 Å². The third kappa shape index (κ3) is 1.93. The lowest BCUT2D eigenvalue weighted by Crippen LogP contribution is -2.53. The maximum absolute atomic E-state index is 3.79. The number of nitrogens with one attached hydrogen (secondary N) is 1. The fourth-order valence-electron chi connectivity index (χ4n) is 3.50. The van der Waals surface area contributed by atoms with Crippen molar-refractivity contribution in [3.05, 3.63) is 22.4 Å². The summed E-state index contributed by atoms with van der Waals surface area (Å²) in [5, 5.41) is 8.23. The second-order valence-corrected chi connectivity index (χ2v) is 6.31. The van der Waals surface area contributed by atoms with Crippen molar-refractivity contribution in [3.63, 3.8) is 0 Å². The summed E-state index contributed by atoms with van der Waals surface area (Å²) in [6.45, 7) is 1.08. The highest BCUT2D eigenvalue weighted by Gasteiger charge is 2.46. The predicted molar refractivity (Wildman–Crippen MR) is 69.7 cm³/mol. The first-order chi connectivity index (χ1) is 7.89. The predicted octanol–water partition coefficient (Wildman–Crippen LogP) is 3.95. The van der Waals surface area contributed by atoms with Gasteiger partial charge in [0.1, 0.15) is 0 Å². The van der Waals surface area contributed by atoms with Crippen LogP contribution in [0.3, 0.4) is 0 Å². The Morgan fingerprint density at radius 3 is 2.75 bits per heavy atom. The van der Waals surface area contributed by atoms with E-state index in [0.29, 0.717) is 5.41 Å².